The average molecular weight is 240 g/mol. The predicted molar refractivity (Wildman–Crippen MR) is 69.8 cm³/mol. The number of hydrogen-bond donors (Lipinski definition) is 3. The Morgan fingerprint density at radius 2 is 2.11 bits per heavy atom. The summed E-state index contributed by atoms with van der Waals surface area (Å²) in [6.45, 7) is 2.04. The number of benzene rings is 1. The van der Waals surface area contributed by atoms with Crippen molar-refractivity contribution in [3.63, 3.8) is 0 Å². The van der Waals surface area contributed by atoms with Crippen LogP contribution in [0.4, 0.5) is 0 Å². The van der Waals surface area contributed by atoms with E-state index in [9.17, 15) is 4.79 Å². The lowest BCUT2D eigenvalue weighted by Gasteiger charge is -1.95. The molecule has 0 aliphatic rings. The molecule has 0 aliphatic heterocycles. The minimum Gasteiger partial charge on any atom is -0.477 e. The molecule has 0 saturated heterocycles. The first-order valence-corrected chi connectivity index (χ1v) is 5.66. The standard InChI is InChI=1S/C14H12N2O2/c1-8-3-2-4-11-10(8)7-12(16-11)9-5-6-15-13(9)14(17)18/h2-7,15-16H,1H3,(H,17,18). The third kappa shape index (κ3) is 1.50. The number of carboxylic acids is 1. The number of H-pyrrole nitrogens is 2. The summed E-state index contributed by atoms with van der Waals surface area (Å²) < 4.78 is 0. The van der Waals surface area contributed by atoms with E-state index in [0.717, 1.165) is 16.6 Å². The van der Waals surface area contributed by atoms with Crippen molar-refractivity contribution < 1.29 is 9.90 Å². The molecule has 0 aliphatic carbocycles. The van der Waals surface area contributed by atoms with E-state index in [1.807, 2.05) is 31.2 Å². The zero-order valence-electron chi connectivity index (χ0n) is 9.82. The smallest absolute Gasteiger partial charge is 0.353 e. The monoisotopic (exact) mass is 240 g/mol. The molecule has 0 amide bonds. The number of rotatable bonds is 2. The van der Waals surface area contributed by atoms with Crippen LogP contribution in [0.25, 0.3) is 22.2 Å². The Morgan fingerprint density at radius 1 is 1.28 bits per heavy atom. The van der Waals surface area contributed by atoms with Crippen LogP contribution in [-0.2, 0) is 0 Å². The highest BCUT2D eigenvalue weighted by molar-refractivity contribution is 5.96. The van der Waals surface area contributed by atoms with Crippen LogP contribution in [0.3, 0.4) is 0 Å². The van der Waals surface area contributed by atoms with Crippen molar-refractivity contribution in [3.05, 3.63) is 47.8 Å². The lowest BCUT2D eigenvalue weighted by atomic mass is 10.1. The first-order chi connectivity index (χ1) is 8.66. The Morgan fingerprint density at radius 3 is 2.83 bits per heavy atom. The number of aromatic amines is 2. The minimum absolute atomic E-state index is 0.208. The van der Waals surface area contributed by atoms with Crippen LogP contribution in [0.5, 0.6) is 0 Å². The highest BCUT2D eigenvalue weighted by atomic mass is 16.4. The summed E-state index contributed by atoms with van der Waals surface area (Å²) in [6, 6.07) is 9.76. The van der Waals surface area contributed by atoms with Gasteiger partial charge in [0.15, 0.2) is 0 Å². The van der Waals surface area contributed by atoms with Crippen molar-refractivity contribution in [2.24, 2.45) is 0 Å². The summed E-state index contributed by atoms with van der Waals surface area (Å²) in [7, 11) is 0. The van der Waals surface area contributed by atoms with Gasteiger partial charge in [0.1, 0.15) is 5.69 Å². The fraction of sp³-hybridized carbons (Fsp3) is 0.0714. The first-order valence-electron chi connectivity index (χ1n) is 5.66. The van der Waals surface area contributed by atoms with E-state index in [1.54, 1.807) is 12.3 Å². The van der Waals surface area contributed by atoms with Gasteiger partial charge in [0.2, 0.25) is 0 Å². The fourth-order valence-corrected chi connectivity index (χ4v) is 2.22. The minimum atomic E-state index is -0.953. The van der Waals surface area contributed by atoms with Crippen molar-refractivity contribution in [2.75, 3.05) is 0 Å². The van der Waals surface area contributed by atoms with E-state index in [-0.39, 0.29) is 5.69 Å². The molecular formula is C14H12N2O2. The van der Waals surface area contributed by atoms with Crippen LogP contribution in [0.2, 0.25) is 0 Å². The summed E-state index contributed by atoms with van der Waals surface area (Å²) in [5.74, 6) is -0.953. The van der Waals surface area contributed by atoms with Gasteiger partial charge < -0.3 is 15.1 Å². The molecule has 3 aromatic rings. The van der Waals surface area contributed by atoms with Crippen molar-refractivity contribution in [1.82, 2.24) is 9.97 Å². The van der Waals surface area contributed by atoms with Crippen LogP contribution >= 0.6 is 0 Å². The van der Waals surface area contributed by atoms with Crippen molar-refractivity contribution >= 4 is 16.9 Å². The zero-order valence-corrected chi connectivity index (χ0v) is 9.82. The number of aromatic carboxylic acids is 1. The summed E-state index contributed by atoms with van der Waals surface area (Å²) >= 11 is 0. The molecule has 0 unspecified atom stereocenters. The van der Waals surface area contributed by atoms with E-state index in [1.165, 1.54) is 5.56 Å². The summed E-state index contributed by atoms with van der Waals surface area (Å²) in [5, 5.41) is 10.2. The molecule has 0 fully saturated rings. The normalized spacial score (nSPS) is 10.9. The Kier molecular flexibility index (Phi) is 2.23. The molecule has 2 heterocycles. The van der Waals surface area contributed by atoms with Gasteiger partial charge in [-0.25, -0.2) is 4.79 Å². The third-order valence-electron chi connectivity index (χ3n) is 3.13. The quantitative estimate of drug-likeness (QED) is 0.644. The molecule has 3 N–H and O–H groups in total. The van der Waals surface area contributed by atoms with Gasteiger partial charge in [-0.05, 0) is 30.7 Å². The van der Waals surface area contributed by atoms with Gasteiger partial charge in [-0.3, -0.25) is 0 Å². The fourth-order valence-electron chi connectivity index (χ4n) is 2.22. The van der Waals surface area contributed by atoms with Crippen molar-refractivity contribution in [3.8, 4) is 11.3 Å². The van der Waals surface area contributed by atoms with Crippen molar-refractivity contribution in [2.45, 2.75) is 6.92 Å². The Labute approximate surface area is 103 Å². The van der Waals surface area contributed by atoms with Crippen LogP contribution < -0.4 is 0 Å². The van der Waals surface area contributed by atoms with E-state index in [4.69, 9.17) is 5.11 Å². The predicted octanol–water partition coefficient (Wildman–Crippen LogP) is 3.17. The molecule has 0 bridgehead atoms. The number of carboxylic acid groups (broad SMARTS) is 1. The number of fused-ring (bicyclic) bond motifs is 1. The van der Waals surface area contributed by atoms with Gasteiger partial charge in [-0.2, -0.15) is 0 Å². The molecule has 0 saturated carbocycles. The highest BCUT2D eigenvalue weighted by Crippen LogP contribution is 2.28. The molecule has 3 rings (SSSR count). The Hall–Kier alpha value is -2.49. The maximum atomic E-state index is 11.1. The van der Waals surface area contributed by atoms with E-state index >= 15 is 0 Å². The summed E-state index contributed by atoms with van der Waals surface area (Å²) in [6.07, 6.45) is 1.64. The second kappa shape index (κ2) is 3.77. The molecule has 4 heteroatoms. The molecule has 2 aromatic heterocycles. The number of hydrogen-bond acceptors (Lipinski definition) is 1. The second-order valence-electron chi connectivity index (χ2n) is 4.29. The summed E-state index contributed by atoms with van der Waals surface area (Å²) in [5.41, 5.74) is 3.89. The molecule has 0 radical (unpaired) electrons. The zero-order chi connectivity index (χ0) is 12.7. The number of carbonyl (C=O) groups is 1. The van der Waals surface area contributed by atoms with E-state index in [0.29, 0.717) is 5.56 Å². The molecular weight excluding hydrogens is 228 g/mol. The van der Waals surface area contributed by atoms with Gasteiger partial charge in [0, 0.05) is 28.4 Å². The average Bonchev–Trinajstić information content (AvgIpc) is 2.95. The summed E-state index contributed by atoms with van der Waals surface area (Å²) in [4.78, 5) is 17.1. The van der Waals surface area contributed by atoms with E-state index in [2.05, 4.69) is 9.97 Å². The van der Waals surface area contributed by atoms with Gasteiger partial charge in [0.25, 0.3) is 0 Å². The largest absolute Gasteiger partial charge is 0.477 e. The maximum Gasteiger partial charge on any atom is 0.353 e. The third-order valence-corrected chi connectivity index (χ3v) is 3.13. The van der Waals surface area contributed by atoms with Gasteiger partial charge in [0.05, 0.1) is 0 Å². The second-order valence-corrected chi connectivity index (χ2v) is 4.29. The molecule has 0 spiro atoms. The Balaban J connectivity index is 2.23. The molecule has 18 heavy (non-hydrogen) atoms. The van der Waals surface area contributed by atoms with Crippen LogP contribution in [0, 0.1) is 6.92 Å². The van der Waals surface area contributed by atoms with Gasteiger partial charge in [-0.15, -0.1) is 0 Å². The molecule has 4 nitrogen and oxygen atoms in total. The lowest BCUT2D eigenvalue weighted by Crippen LogP contribution is -1.98. The molecule has 0 atom stereocenters. The maximum absolute atomic E-state index is 11.1. The highest BCUT2D eigenvalue weighted by Gasteiger charge is 2.14. The van der Waals surface area contributed by atoms with Crippen LogP contribution in [-0.4, -0.2) is 21.0 Å². The molecule has 1 aromatic carbocycles. The van der Waals surface area contributed by atoms with Crippen molar-refractivity contribution in [1.29, 1.82) is 0 Å². The topological polar surface area (TPSA) is 68.9 Å². The van der Waals surface area contributed by atoms with Gasteiger partial charge >= 0.3 is 5.97 Å². The number of nitrogens with one attached hydrogen (secondary N) is 2. The van der Waals surface area contributed by atoms with Gasteiger partial charge in [-0.1, -0.05) is 12.1 Å². The number of aryl methyl sites for hydroxylation is 1. The van der Waals surface area contributed by atoms with Crippen LogP contribution in [0.1, 0.15) is 16.1 Å². The van der Waals surface area contributed by atoms with Crippen LogP contribution in [0.15, 0.2) is 36.5 Å². The van der Waals surface area contributed by atoms with E-state index < -0.39 is 5.97 Å². The Bertz CT molecular complexity index is 737. The number of aromatic nitrogens is 2. The first kappa shape index (κ1) is 10.7. The molecule has 90 valence electrons. The lowest BCUT2D eigenvalue weighted by molar-refractivity contribution is 0.0692. The SMILES string of the molecule is Cc1cccc2[nH]c(-c3cc[nH]c3C(=O)O)cc12.